The SMILES string of the molecule is CC(C)c1ccc(NC2C3CC4CC(C3)CC2C4)cc1. The average molecular weight is 269 g/mol. The summed E-state index contributed by atoms with van der Waals surface area (Å²) >= 11 is 0. The predicted octanol–water partition coefficient (Wildman–Crippen LogP) is 5.05. The van der Waals surface area contributed by atoms with E-state index in [9.17, 15) is 0 Å². The first-order valence-corrected chi connectivity index (χ1v) is 8.55. The minimum Gasteiger partial charge on any atom is -0.382 e. The van der Waals surface area contributed by atoms with Crippen LogP contribution in [0.5, 0.6) is 0 Å². The van der Waals surface area contributed by atoms with Crippen molar-refractivity contribution in [3.63, 3.8) is 0 Å². The van der Waals surface area contributed by atoms with Crippen LogP contribution in [0.2, 0.25) is 0 Å². The molecule has 1 aromatic carbocycles. The van der Waals surface area contributed by atoms with Gasteiger partial charge in [0, 0.05) is 11.7 Å². The van der Waals surface area contributed by atoms with E-state index in [1.54, 1.807) is 6.42 Å². The van der Waals surface area contributed by atoms with Crippen molar-refractivity contribution in [3.8, 4) is 0 Å². The molecule has 0 saturated heterocycles. The Kier molecular flexibility index (Phi) is 3.05. The molecule has 4 bridgehead atoms. The molecule has 108 valence electrons. The third-order valence-corrected chi connectivity index (χ3v) is 6.14. The highest BCUT2D eigenvalue weighted by Gasteiger charge is 2.48. The standard InChI is InChI=1S/C19H27N/c1-12(2)15-3-5-18(6-4-15)20-19-16-8-13-7-14(10-16)11-17(19)9-13/h3-6,12-14,16-17,19-20H,7-11H2,1-2H3. The molecule has 0 atom stereocenters. The predicted molar refractivity (Wildman–Crippen MR) is 85.0 cm³/mol. The largest absolute Gasteiger partial charge is 0.382 e. The lowest BCUT2D eigenvalue weighted by atomic mass is 9.54. The molecule has 1 aromatic rings. The lowest BCUT2D eigenvalue weighted by Gasteiger charge is -2.54. The van der Waals surface area contributed by atoms with Crippen LogP contribution in [0.25, 0.3) is 0 Å². The molecule has 0 heterocycles. The molecule has 4 aliphatic rings. The molecule has 5 rings (SSSR count). The van der Waals surface area contributed by atoms with E-state index in [0.717, 1.165) is 29.7 Å². The number of rotatable bonds is 3. The molecular weight excluding hydrogens is 242 g/mol. The maximum absolute atomic E-state index is 3.89. The van der Waals surface area contributed by atoms with E-state index in [4.69, 9.17) is 0 Å². The normalized spacial score (nSPS) is 38.5. The monoisotopic (exact) mass is 269 g/mol. The fraction of sp³-hybridized carbons (Fsp3) is 0.684. The summed E-state index contributed by atoms with van der Waals surface area (Å²) in [6.45, 7) is 4.53. The lowest BCUT2D eigenvalue weighted by molar-refractivity contribution is 0.00754. The van der Waals surface area contributed by atoms with Crippen LogP contribution in [0.4, 0.5) is 5.69 Å². The molecule has 0 radical (unpaired) electrons. The summed E-state index contributed by atoms with van der Waals surface area (Å²) in [4.78, 5) is 0. The van der Waals surface area contributed by atoms with E-state index in [2.05, 4.69) is 43.4 Å². The van der Waals surface area contributed by atoms with Gasteiger partial charge in [-0.1, -0.05) is 26.0 Å². The van der Waals surface area contributed by atoms with Gasteiger partial charge in [-0.2, -0.15) is 0 Å². The highest BCUT2D eigenvalue weighted by Crippen LogP contribution is 2.54. The van der Waals surface area contributed by atoms with Gasteiger partial charge in [-0.05, 0) is 79.4 Å². The number of anilines is 1. The Labute approximate surface area is 123 Å². The van der Waals surface area contributed by atoms with Crippen LogP contribution in [-0.4, -0.2) is 6.04 Å². The molecule has 1 nitrogen and oxygen atoms in total. The second kappa shape index (κ2) is 4.79. The van der Waals surface area contributed by atoms with Gasteiger partial charge in [0.25, 0.3) is 0 Å². The molecule has 0 amide bonds. The molecule has 20 heavy (non-hydrogen) atoms. The summed E-state index contributed by atoms with van der Waals surface area (Å²) in [5.74, 6) is 4.68. The summed E-state index contributed by atoms with van der Waals surface area (Å²) in [5, 5.41) is 3.89. The van der Waals surface area contributed by atoms with Crippen molar-refractivity contribution < 1.29 is 0 Å². The van der Waals surface area contributed by atoms with Crippen LogP contribution >= 0.6 is 0 Å². The fourth-order valence-electron chi connectivity index (χ4n) is 5.32. The second-order valence-corrected chi connectivity index (χ2v) is 7.88. The van der Waals surface area contributed by atoms with E-state index in [0.29, 0.717) is 5.92 Å². The van der Waals surface area contributed by atoms with Crippen molar-refractivity contribution in [2.75, 3.05) is 5.32 Å². The van der Waals surface area contributed by atoms with Gasteiger partial charge >= 0.3 is 0 Å². The summed E-state index contributed by atoms with van der Waals surface area (Å²) in [5.41, 5.74) is 2.78. The third kappa shape index (κ3) is 2.16. The van der Waals surface area contributed by atoms with Crippen LogP contribution in [-0.2, 0) is 0 Å². The average Bonchev–Trinajstić information content (AvgIpc) is 2.42. The van der Waals surface area contributed by atoms with E-state index < -0.39 is 0 Å². The first-order chi connectivity index (χ1) is 9.69. The molecule has 0 aliphatic heterocycles. The Morgan fingerprint density at radius 1 is 0.850 bits per heavy atom. The Bertz CT molecular complexity index is 445. The zero-order valence-electron chi connectivity index (χ0n) is 12.8. The van der Waals surface area contributed by atoms with Gasteiger partial charge < -0.3 is 5.32 Å². The first kappa shape index (κ1) is 12.7. The molecule has 4 aliphatic carbocycles. The minimum atomic E-state index is 0.630. The quantitative estimate of drug-likeness (QED) is 0.810. The molecular formula is C19H27N. The van der Waals surface area contributed by atoms with Crippen molar-refractivity contribution in [1.82, 2.24) is 0 Å². The number of hydrogen-bond donors (Lipinski definition) is 1. The van der Waals surface area contributed by atoms with Crippen LogP contribution in [0, 0.1) is 23.7 Å². The van der Waals surface area contributed by atoms with Crippen molar-refractivity contribution in [2.24, 2.45) is 23.7 Å². The molecule has 1 N–H and O–H groups in total. The third-order valence-electron chi connectivity index (χ3n) is 6.14. The topological polar surface area (TPSA) is 12.0 Å². The Hall–Kier alpha value is -0.980. The maximum Gasteiger partial charge on any atom is 0.0342 e. The van der Waals surface area contributed by atoms with Gasteiger partial charge in [0.2, 0.25) is 0 Å². The van der Waals surface area contributed by atoms with Crippen LogP contribution in [0.15, 0.2) is 24.3 Å². The summed E-state index contributed by atoms with van der Waals surface area (Å²) < 4.78 is 0. The summed E-state index contributed by atoms with van der Waals surface area (Å²) in [6, 6.07) is 9.93. The Morgan fingerprint density at radius 2 is 1.40 bits per heavy atom. The number of hydrogen-bond acceptors (Lipinski definition) is 1. The van der Waals surface area contributed by atoms with E-state index in [1.165, 1.54) is 36.9 Å². The fourth-order valence-corrected chi connectivity index (χ4v) is 5.32. The van der Waals surface area contributed by atoms with E-state index in [-0.39, 0.29) is 0 Å². The van der Waals surface area contributed by atoms with Gasteiger partial charge in [-0.3, -0.25) is 0 Å². The molecule has 0 unspecified atom stereocenters. The molecule has 0 aromatic heterocycles. The number of nitrogens with one attached hydrogen (secondary N) is 1. The lowest BCUT2D eigenvalue weighted by Crippen LogP contribution is -2.51. The summed E-state index contributed by atoms with van der Waals surface area (Å²) in [6.07, 6.45) is 7.52. The Morgan fingerprint density at radius 3 is 1.90 bits per heavy atom. The molecule has 0 spiro atoms. The highest BCUT2D eigenvalue weighted by molar-refractivity contribution is 5.46. The van der Waals surface area contributed by atoms with Gasteiger partial charge in [0.15, 0.2) is 0 Å². The van der Waals surface area contributed by atoms with Crippen molar-refractivity contribution in [2.45, 2.75) is 57.9 Å². The highest BCUT2D eigenvalue weighted by atomic mass is 14.9. The molecule has 1 heteroatoms. The van der Waals surface area contributed by atoms with Crippen molar-refractivity contribution in [3.05, 3.63) is 29.8 Å². The van der Waals surface area contributed by atoms with Gasteiger partial charge in [0.1, 0.15) is 0 Å². The van der Waals surface area contributed by atoms with Crippen molar-refractivity contribution >= 4 is 5.69 Å². The summed E-state index contributed by atoms with van der Waals surface area (Å²) in [7, 11) is 0. The van der Waals surface area contributed by atoms with Crippen molar-refractivity contribution in [1.29, 1.82) is 0 Å². The zero-order chi connectivity index (χ0) is 13.7. The van der Waals surface area contributed by atoms with Gasteiger partial charge in [-0.15, -0.1) is 0 Å². The maximum atomic E-state index is 3.89. The Balaban J connectivity index is 1.49. The van der Waals surface area contributed by atoms with Gasteiger partial charge in [-0.25, -0.2) is 0 Å². The minimum absolute atomic E-state index is 0.630. The van der Waals surface area contributed by atoms with Crippen LogP contribution in [0.3, 0.4) is 0 Å². The van der Waals surface area contributed by atoms with Gasteiger partial charge in [0.05, 0.1) is 0 Å². The second-order valence-electron chi connectivity index (χ2n) is 7.88. The molecule has 4 saturated carbocycles. The zero-order valence-corrected chi connectivity index (χ0v) is 12.8. The van der Waals surface area contributed by atoms with E-state index in [1.807, 2.05) is 0 Å². The number of benzene rings is 1. The van der Waals surface area contributed by atoms with Crippen LogP contribution in [0.1, 0.15) is 57.4 Å². The first-order valence-electron chi connectivity index (χ1n) is 8.55. The smallest absolute Gasteiger partial charge is 0.0342 e. The van der Waals surface area contributed by atoms with E-state index >= 15 is 0 Å². The van der Waals surface area contributed by atoms with Crippen LogP contribution < -0.4 is 5.32 Å². The molecule has 4 fully saturated rings.